The Kier molecular flexibility index (Phi) is 2.54. The van der Waals surface area contributed by atoms with E-state index in [1.165, 1.54) is 0 Å². The molecule has 0 atom stereocenters. The van der Waals surface area contributed by atoms with E-state index in [4.69, 9.17) is 16.7 Å². The van der Waals surface area contributed by atoms with Crippen LogP contribution in [0.15, 0.2) is 18.2 Å². The average molecular weight is 161 g/mol. The highest BCUT2D eigenvalue weighted by molar-refractivity contribution is 5.54. The number of benzene rings is 1. The molecule has 0 aliphatic carbocycles. The van der Waals surface area contributed by atoms with Crippen molar-refractivity contribution in [3.8, 4) is 6.07 Å². The smallest absolute Gasteiger partial charge is 0.0625 e. The Morgan fingerprint density at radius 1 is 1.17 bits per heavy atom. The molecular weight excluding hydrogens is 150 g/mol. The summed E-state index contributed by atoms with van der Waals surface area (Å²) in [7, 11) is 0. The van der Waals surface area contributed by atoms with Gasteiger partial charge in [0.15, 0.2) is 0 Å². The fourth-order valence-electron chi connectivity index (χ4n) is 1.09. The summed E-state index contributed by atoms with van der Waals surface area (Å²) in [5.74, 6) is 0. The van der Waals surface area contributed by atoms with Gasteiger partial charge in [-0.25, -0.2) is 0 Å². The second kappa shape index (κ2) is 3.63. The van der Waals surface area contributed by atoms with Crippen LogP contribution in [0.25, 0.3) is 0 Å². The molecule has 62 valence electrons. The fraction of sp³-hybridized carbons (Fsp3) is 0.222. The van der Waals surface area contributed by atoms with Crippen LogP contribution in [-0.4, -0.2) is 0 Å². The van der Waals surface area contributed by atoms with E-state index < -0.39 is 0 Å². The Hall–Kier alpha value is -1.69. The summed E-state index contributed by atoms with van der Waals surface area (Å²) in [4.78, 5) is 0. The molecule has 0 heterocycles. The van der Waals surface area contributed by atoms with Gasteiger partial charge in [-0.05, 0) is 30.2 Å². The molecular formula is C9H11N3. The number of hydrogen-bond donors (Lipinski definition) is 2. The molecule has 0 radical (unpaired) electrons. The summed E-state index contributed by atoms with van der Waals surface area (Å²) in [6.45, 7) is 0. The van der Waals surface area contributed by atoms with Crippen molar-refractivity contribution < 1.29 is 0 Å². The third-order valence-electron chi connectivity index (χ3n) is 1.56. The fourth-order valence-corrected chi connectivity index (χ4v) is 1.09. The third-order valence-corrected chi connectivity index (χ3v) is 1.56. The summed E-state index contributed by atoms with van der Waals surface area (Å²) >= 11 is 0. The molecule has 4 N–H and O–H groups in total. The maximum Gasteiger partial charge on any atom is 0.0625 e. The van der Waals surface area contributed by atoms with Crippen LogP contribution < -0.4 is 11.5 Å². The van der Waals surface area contributed by atoms with Gasteiger partial charge in [-0.1, -0.05) is 0 Å². The molecule has 0 unspecified atom stereocenters. The van der Waals surface area contributed by atoms with Gasteiger partial charge in [0.1, 0.15) is 0 Å². The topological polar surface area (TPSA) is 75.8 Å². The van der Waals surface area contributed by atoms with E-state index in [2.05, 4.69) is 6.07 Å². The van der Waals surface area contributed by atoms with Crippen LogP contribution in [0.4, 0.5) is 11.4 Å². The second-order valence-electron chi connectivity index (χ2n) is 2.67. The van der Waals surface area contributed by atoms with E-state index in [1.807, 2.05) is 12.1 Å². The Morgan fingerprint density at radius 3 is 2.25 bits per heavy atom. The van der Waals surface area contributed by atoms with Gasteiger partial charge in [-0.2, -0.15) is 5.26 Å². The van der Waals surface area contributed by atoms with Gasteiger partial charge >= 0.3 is 0 Å². The zero-order chi connectivity index (χ0) is 8.97. The minimum atomic E-state index is 0.503. The minimum Gasteiger partial charge on any atom is -0.399 e. The predicted molar refractivity (Wildman–Crippen MR) is 49.2 cm³/mol. The highest BCUT2D eigenvalue weighted by Crippen LogP contribution is 2.14. The number of hydrogen-bond acceptors (Lipinski definition) is 3. The van der Waals surface area contributed by atoms with Crippen LogP contribution >= 0.6 is 0 Å². The molecule has 0 saturated heterocycles. The van der Waals surface area contributed by atoms with Crippen LogP contribution in [0, 0.1) is 11.3 Å². The SMILES string of the molecule is N#CCCc1cc(N)cc(N)c1. The lowest BCUT2D eigenvalue weighted by atomic mass is 10.1. The maximum atomic E-state index is 8.35. The summed E-state index contributed by atoms with van der Waals surface area (Å²) < 4.78 is 0. The Morgan fingerprint density at radius 2 is 1.75 bits per heavy atom. The number of nitrogen functional groups attached to an aromatic ring is 2. The summed E-state index contributed by atoms with van der Waals surface area (Å²) in [5.41, 5.74) is 13.5. The largest absolute Gasteiger partial charge is 0.399 e. The molecule has 0 amide bonds. The number of nitriles is 1. The minimum absolute atomic E-state index is 0.503. The number of aryl methyl sites for hydroxylation is 1. The van der Waals surface area contributed by atoms with Crippen molar-refractivity contribution in [1.82, 2.24) is 0 Å². The van der Waals surface area contributed by atoms with E-state index in [0.29, 0.717) is 24.2 Å². The van der Waals surface area contributed by atoms with Crippen LogP contribution in [0.1, 0.15) is 12.0 Å². The highest BCUT2D eigenvalue weighted by Gasteiger charge is 1.95. The van der Waals surface area contributed by atoms with E-state index in [9.17, 15) is 0 Å². The van der Waals surface area contributed by atoms with Crippen molar-refractivity contribution >= 4 is 11.4 Å². The third kappa shape index (κ3) is 2.17. The molecule has 12 heavy (non-hydrogen) atoms. The van der Waals surface area contributed by atoms with Gasteiger partial charge in [-0.3, -0.25) is 0 Å². The van der Waals surface area contributed by atoms with Crippen molar-refractivity contribution in [2.24, 2.45) is 0 Å². The summed E-state index contributed by atoms with van der Waals surface area (Å²) in [6.07, 6.45) is 1.22. The van der Waals surface area contributed by atoms with Gasteiger partial charge < -0.3 is 11.5 Å². The highest BCUT2D eigenvalue weighted by atomic mass is 14.6. The van der Waals surface area contributed by atoms with Crippen molar-refractivity contribution in [2.75, 3.05) is 11.5 Å². The van der Waals surface area contributed by atoms with Gasteiger partial charge in [0.2, 0.25) is 0 Å². The first-order valence-corrected chi connectivity index (χ1v) is 3.74. The standard InChI is InChI=1S/C9H11N3/c10-3-1-2-7-4-8(11)6-9(12)5-7/h4-6H,1-2,11-12H2. The number of rotatable bonds is 2. The average Bonchev–Trinajstić information content (AvgIpc) is 1.99. The van der Waals surface area contributed by atoms with Crippen molar-refractivity contribution in [1.29, 1.82) is 5.26 Å². The summed E-state index contributed by atoms with van der Waals surface area (Å²) in [5, 5.41) is 8.35. The molecule has 0 spiro atoms. The van der Waals surface area contributed by atoms with Crippen molar-refractivity contribution in [3.63, 3.8) is 0 Å². The van der Waals surface area contributed by atoms with Crippen LogP contribution in [0.3, 0.4) is 0 Å². The van der Waals surface area contributed by atoms with Crippen LogP contribution in [-0.2, 0) is 6.42 Å². The molecule has 0 aliphatic rings. The number of nitrogens with two attached hydrogens (primary N) is 2. The first-order valence-electron chi connectivity index (χ1n) is 3.74. The Labute approximate surface area is 71.6 Å². The van der Waals surface area contributed by atoms with E-state index in [1.54, 1.807) is 6.07 Å². The van der Waals surface area contributed by atoms with Gasteiger partial charge in [-0.15, -0.1) is 0 Å². The van der Waals surface area contributed by atoms with E-state index >= 15 is 0 Å². The molecule has 3 nitrogen and oxygen atoms in total. The molecule has 0 bridgehead atoms. The first kappa shape index (κ1) is 8.41. The van der Waals surface area contributed by atoms with Crippen LogP contribution in [0.5, 0.6) is 0 Å². The first-order chi connectivity index (χ1) is 5.72. The zero-order valence-electron chi connectivity index (χ0n) is 6.75. The Bertz CT molecular complexity index is 292. The molecule has 0 saturated carbocycles. The lowest BCUT2D eigenvalue weighted by molar-refractivity contribution is 1.01. The monoisotopic (exact) mass is 161 g/mol. The molecule has 1 rings (SSSR count). The van der Waals surface area contributed by atoms with Gasteiger partial charge in [0.25, 0.3) is 0 Å². The van der Waals surface area contributed by atoms with Crippen molar-refractivity contribution in [3.05, 3.63) is 23.8 Å². The zero-order valence-corrected chi connectivity index (χ0v) is 6.75. The van der Waals surface area contributed by atoms with Gasteiger partial charge in [0, 0.05) is 17.8 Å². The molecule has 0 aliphatic heterocycles. The maximum absolute atomic E-state index is 8.35. The van der Waals surface area contributed by atoms with Gasteiger partial charge in [0.05, 0.1) is 6.07 Å². The summed E-state index contributed by atoms with van der Waals surface area (Å²) in [6, 6.07) is 7.46. The molecule has 0 aromatic heterocycles. The van der Waals surface area contributed by atoms with Crippen molar-refractivity contribution in [2.45, 2.75) is 12.8 Å². The number of anilines is 2. The predicted octanol–water partition coefficient (Wildman–Crippen LogP) is 1.31. The van der Waals surface area contributed by atoms with Crippen LogP contribution in [0.2, 0.25) is 0 Å². The lowest BCUT2D eigenvalue weighted by Gasteiger charge is -2.01. The second-order valence-corrected chi connectivity index (χ2v) is 2.67. The number of nitrogens with zero attached hydrogens (tertiary/aromatic N) is 1. The van der Waals surface area contributed by atoms with E-state index in [-0.39, 0.29) is 0 Å². The lowest BCUT2D eigenvalue weighted by Crippen LogP contribution is -1.93. The Balaban J connectivity index is 2.80. The molecule has 1 aromatic rings. The quantitative estimate of drug-likeness (QED) is 0.642. The molecule has 3 heteroatoms. The van der Waals surface area contributed by atoms with E-state index in [0.717, 1.165) is 5.56 Å². The molecule has 0 fully saturated rings. The normalized spacial score (nSPS) is 9.25. The molecule has 1 aromatic carbocycles.